The van der Waals surface area contributed by atoms with Gasteiger partial charge in [-0.1, -0.05) is 44.0 Å². The van der Waals surface area contributed by atoms with Crippen molar-refractivity contribution in [2.24, 2.45) is 5.92 Å². The van der Waals surface area contributed by atoms with Gasteiger partial charge in [-0.2, -0.15) is 0 Å². The van der Waals surface area contributed by atoms with Crippen LogP contribution < -0.4 is 0 Å². The van der Waals surface area contributed by atoms with Crippen molar-refractivity contribution in [3.05, 3.63) is 33.8 Å². The molecule has 3 heteroatoms. The maximum atomic E-state index is 11.8. The third-order valence-corrected chi connectivity index (χ3v) is 4.59. The molecule has 1 aromatic rings. The third-order valence-electron chi connectivity index (χ3n) is 2.93. The second kappa shape index (κ2) is 5.01. The van der Waals surface area contributed by atoms with E-state index in [1.807, 2.05) is 6.07 Å². The summed E-state index contributed by atoms with van der Waals surface area (Å²) in [7, 11) is 0. The molecule has 16 heavy (non-hydrogen) atoms. The van der Waals surface area contributed by atoms with Gasteiger partial charge >= 0.3 is 0 Å². The zero-order valence-corrected chi connectivity index (χ0v) is 12.3. The molecule has 0 bridgehead atoms. The van der Waals surface area contributed by atoms with E-state index >= 15 is 0 Å². The number of carbonyl (C=O) groups is 1. The number of ketones is 1. The van der Waals surface area contributed by atoms with Gasteiger partial charge < -0.3 is 0 Å². The van der Waals surface area contributed by atoms with E-state index in [0.717, 1.165) is 23.7 Å². The number of hydrogen-bond acceptors (Lipinski definition) is 1. The highest BCUT2D eigenvalue weighted by Gasteiger charge is 2.33. The molecule has 0 radical (unpaired) electrons. The number of rotatable bonds is 4. The lowest BCUT2D eigenvalue weighted by molar-refractivity contribution is -0.119. The van der Waals surface area contributed by atoms with Gasteiger partial charge in [0, 0.05) is 10.4 Å². The Hall–Kier alpha value is -0.150. The van der Waals surface area contributed by atoms with E-state index in [-0.39, 0.29) is 4.83 Å². The summed E-state index contributed by atoms with van der Waals surface area (Å²) in [6.07, 6.45) is 2.96. The minimum absolute atomic E-state index is 0.0134. The average Bonchev–Trinajstić information content (AvgIpc) is 3.06. The van der Waals surface area contributed by atoms with Crippen LogP contribution in [0.4, 0.5) is 0 Å². The molecule has 1 aliphatic carbocycles. The quantitative estimate of drug-likeness (QED) is 0.752. The van der Waals surface area contributed by atoms with Gasteiger partial charge in [-0.25, -0.2) is 0 Å². The first kappa shape index (κ1) is 12.3. The van der Waals surface area contributed by atoms with Crippen molar-refractivity contribution >= 4 is 37.6 Å². The minimum Gasteiger partial charge on any atom is -0.298 e. The molecule has 0 saturated heterocycles. The largest absolute Gasteiger partial charge is 0.298 e. The van der Waals surface area contributed by atoms with Crippen LogP contribution in [-0.4, -0.2) is 10.6 Å². The monoisotopic (exact) mass is 344 g/mol. The van der Waals surface area contributed by atoms with E-state index < -0.39 is 0 Å². The fraction of sp³-hybridized carbons (Fsp3) is 0.462. The second-order valence-corrected chi connectivity index (χ2v) is 6.39. The molecule has 0 heterocycles. The fourth-order valence-electron chi connectivity index (χ4n) is 1.76. The van der Waals surface area contributed by atoms with Gasteiger partial charge in [0.1, 0.15) is 5.78 Å². The maximum Gasteiger partial charge on any atom is 0.149 e. The lowest BCUT2D eigenvalue weighted by atomic mass is 10.0. The summed E-state index contributed by atoms with van der Waals surface area (Å²) in [4.78, 5) is 11.8. The van der Waals surface area contributed by atoms with E-state index in [2.05, 4.69) is 50.9 Å². The first-order valence-corrected chi connectivity index (χ1v) is 7.21. The van der Waals surface area contributed by atoms with Gasteiger partial charge in [0.15, 0.2) is 0 Å². The molecule has 1 saturated carbocycles. The van der Waals surface area contributed by atoms with Crippen molar-refractivity contribution < 1.29 is 4.79 Å². The Bertz CT molecular complexity index is 410. The Morgan fingerprint density at radius 3 is 2.75 bits per heavy atom. The molecule has 0 aromatic heterocycles. The number of hydrogen-bond donors (Lipinski definition) is 0. The third kappa shape index (κ3) is 2.95. The van der Waals surface area contributed by atoms with Gasteiger partial charge in [-0.15, -0.1) is 0 Å². The molecule has 2 rings (SSSR count). The molecule has 1 atom stereocenters. The van der Waals surface area contributed by atoms with E-state index in [1.165, 1.54) is 11.1 Å². The number of halogens is 2. The van der Waals surface area contributed by atoms with Crippen LogP contribution in [0, 0.1) is 12.8 Å². The van der Waals surface area contributed by atoms with E-state index in [0.29, 0.717) is 11.7 Å². The fourth-order valence-corrected chi connectivity index (χ4v) is 2.76. The Morgan fingerprint density at radius 2 is 2.19 bits per heavy atom. The highest BCUT2D eigenvalue weighted by molar-refractivity contribution is 9.10. The van der Waals surface area contributed by atoms with Crippen LogP contribution in [-0.2, 0) is 11.2 Å². The van der Waals surface area contributed by atoms with Crippen LogP contribution in [0.5, 0.6) is 0 Å². The standard InChI is InChI=1S/C13H14Br2O/c1-8-6-9(2-5-11(8)14)7-12(15)13(16)10-3-4-10/h2,5-6,10,12H,3-4,7H2,1H3. The highest BCUT2D eigenvalue weighted by Crippen LogP contribution is 2.33. The minimum atomic E-state index is -0.0134. The molecule has 86 valence electrons. The van der Waals surface area contributed by atoms with Crippen molar-refractivity contribution in [2.45, 2.75) is 31.0 Å². The van der Waals surface area contributed by atoms with E-state index in [9.17, 15) is 4.79 Å². The summed E-state index contributed by atoms with van der Waals surface area (Å²) in [5, 5.41) is 0. The SMILES string of the molecule is Cc1cc(CC(Br)C(=O)C2CC2)ccc1Br. The first-order valence-electron chi connectivity index (χ1n) is 5.51. The van der Waals surface area contributed by atoms with Crippen LogP contribution in [0.1, 0.15) is 24.0 Å². The van der Waals surface area contributed by atoms with Gasteiger partial charge in [0.25, 0.3) is 0 Å². The van der Waals surface area contributed by atoms with Gasteiger partial charge in [-0.05, 0) is 43.4 Å². The van der Waals surface area contributed by atoms with Gasteiger partial charge in [0.05, 0.1) is 4.83 Å². The number of alkyl halides is 1. The first-order chi connectivity index (χ1) is 7.58. The average molecular weight is 346 g/mol. The number of Topliss-reactive ketones (excluding diaryl/α,β-unsaturated/α-hetero) is 1. The predicted molar refractivity (Wildman–Crippen MR) is 73.0 cm³/mol. The van der Waals surface area contributed by atoms with Crippen molar-refractivity contribution in [3.63, 3.8) is 0 Å². The Labute approximate surface area is 113 Å². The van der Waals surface area contributed by atoms with E-state index in [1.54, 1.807) is 0 Å². The molecule has 0 N–H and O–H groups in total. The van der Waals surface area contributed by atoms with Crippen LogP contribution in [0.3, 0.4) is 0 Å². The molecule has 1 fully saturated rings. The highest BCUT2D eigenvalue weighted by atomic mass is 79.9. The summed E-state index contributed by atoms with van der Waals surface area (Å²) >= 11 is 6.98. The molecular weight excluding hydrogens is 332 g/mol. The van der Waals surface area contributed by atoms with Crippen LogP contribution >= 0.6 is 31.9 Å². The summed E-state index contributed by atoms with van der Waals surface area (Å²) in [6, 6.07) is 6.26. The Balaban J connectivity index is 2.02. The topological polar surface area (TPSA) is 17.1 Å². The number of carbonyl (C=O) groups excluding carboxylic acids is 1. The predicted octanol–water partition coefficient (Wildman–Crippen LogP) is 4.04. The van der Waals surface area contributed by atoms with E-state index in [4.69, 9.17) is 0 Å². The Morgan fingerprint density at radius 1 is 1.50 bits per heavy atom. The molecule has 0 aliphatic heterocycles. The molecule has 1 unspecified atom stereocenters. The normalized spacial score (nSPS) is 17.2. The van der Waals surface area contributed by atoms with Crippen molar-refractivity contribution in [3.8, 4) is 0 Å². The second-order valence-electron chi connectivity index (χ2n) is 4.43. The zero-order valence-electron chi connectivity index (χ0n) is 9.17. The molecule has 1 aliphatic rings. The molecular formula is C13H14Br2O. The maximum absolute atomic E-state index is 11.8. The summed E-state index contributed by atoms with van der Waals surface area (Å²) in [6.45, 7) is 2.07. The van der Waals surface area contributed by atoms with Crippen LogP contribution in [0.2, 0.25) is 0 Å². The summed E-state index contributed by atoms with van der Waals surface area (Å²) in [5.41, 5.74) is 2.44. The number of aryl methyl sites for hydroxylation is 1. The number of benzene rings is 1. The lowest BCUT2D eigenvalue weighted by Crippen LogP contribution is -2.18. The molecule has 0 amide bonds. The Kier molecular flexibility index (Phi) is 3.85. The van der Waals surface area contributed by atoms with Gasteiger partial charge in [0.2, 0.25) is 0 Å². The molecule has 0 spiro atoms. The van der Waals surface area contributed by atoms with Crippen molar-refractivity contribution in [1.82, 2.24) is 0 Å². The smallest absolute Gasteiger partial charge is 0.149 e. The van der Waals surface area contributed by atoms with Crippen molar-refractivity contribution in [1.29, 1.82) is 0 Å². The summed E-state index contributed by atoms with van der Waals surface area (Å²) in [5.74, 6) is 0.710. The summed E-state index contributed by atoms with van der Waals surface area (Å²) < 4.78 is 1.12. The zero-order chi connectivity index (χ0) is 11.7. The molecule has 1 nitrogen and oxygen atoms in total. The molecule has 1 aromatic carbocycles. The van der Waals surface area contributed by atoms with Gasteiger partial charge in [-0.3, -0.25) is 4.79 Å². The van der Waals surface area contributed by atoms with Crippen molar-refractivity contribution in [2.75, 3.05) is 0 Å². The van der Waals surface area contributed by atoms with Crippen LogP contribution in [0.25, 0.3) is 0 Å². The lowest BCUT2D eigenvalue weighted by Gasteiger charge is -2.09. The van der Waals surface area contributed by atoms with Crippen LogP contribution in [0.15, 0.2) is 22.7 Å².